The predicted octanol–water partition coefficient (Wildman–Crippen LogP) is 6.68. The number of nitrogens with zero attached hydrogens (tertiary/aromatic N) is 2. The third-order valence-corrected chi connectivity index (χ3v) is 8.31. The molecule has 1 saturated heterocycles. The molecule has 0 unspecified atom stereocenters. The Kier molecular flexibility index (Phi) is 8.44. The molecule has 7 nitrogen and oxygen atoms in total. The number of methoxy groups -OCH3 is 1. The number of ketones is 1. The van der Waals surface area contributed by atoms with Crippen molar-refractivity contribution in [3.05, 3.63) is 107 Å². The highest BCUT2D eigenvalue weighted by Gasteiger charge is 2.20. The maximum absolute atomic E-state index is 13.1. The average molecular weight is 596 g/mol. The number of benzene rings is 4. The number of amides is 1. The van der Waals surface area contributed by atoms with Crippen LogP contribution < -0.4 is 10.1 Å². The lowest BCUT2D eigenvalue weighted by Crippen LogP contribution is -2.40. The summed E-state index contributed by atoms with van der Waals surface area (Å²) < 4.78 is 25.1. The highest BCUT2D eigenvalue weighted by Crippen LogP contribution is 2.35. The van der Waals surface area contributed by atoms with E-state index in [0.29, 0.717) is 49.2 Å². The molecule has 0 atom stereocenters. The summed E-state index contributed by atoms with van der Waals surface area (Å²) >= 11 is 1.53. The van der Waals surface area contributed by atoms with E-state index < -0.39 is 0 Å². The molecular formula is C34H30FN3O4S. The molecule has 0 saturated carbocycles. The number of hydrogen-bond acceptors (Lipinski definition) is 7. The van der Waals surface area contributed by atoms with E-state index in [1.165, 1.54) is 23.5 Å². The third-order valence-electron chi connectivity index (χ3n) is 7.38. The van der Waals surface area contributed by atoms with Gasteiger partial charge in [0.15, 0.2) is 5.13 Å². The molecule has 218 valence electrons. The van der Waals surface area contributed by atoms with Crippen LogP contribution in [0.3, 0.4) is 0 Å². The van der Waals surface area contributed by atoms with Crippen molar-refractivity contribution in [1.29, 1.82) is 0 Å². The number of fused-ring (bicyclic) bond motifs is 1. The lowest BCUT2D eigenvalue weighted by molar-refractivity contribution is -0.117. The first-order valence-electron chi connectivity index (χ1n) is 14.0. The molecule has 4 aromatic carbocycles. The van der Waals surface area contributed by atoms with Gasteiger partial charge in [-0.05, 0) is 64.7 Å². The van der Waals surface area contributed by atoms with Crippen molar-refractivity contribution in [1.82, 2.24) is 9.88 Å². The molecule has 43 heavy (non-hydrogen) atoms. The largest absolute Gasteiger partial charge is 0.495 e. The second-order valence-electron chi connectivity index (χ2n) is 10.4. The molecule has 0 spiro atoms. The number of rotatable bonds is 9. The van der Waals surface area contributed by atoms with E-state index in [2.05, 4.69) is 11.4 Å². The van der Waals surface area contributed by atoms with Crippen molar-refractivity contribution in [3.8, 4) is 16.9 Å². The number of ether oxygens (including phenoxy) is 2. The van der Waals surface area contributed by atoms with Gasteiger partial charge in [-0.3, -0.25) is 9.59 Å². The van der Waals surface area contributed by atoms with Crippen molar-refractivity contribution in [2.24, 2.45) is 0 Å². The Bertz CT molecular complexity index is 1760. The zero-order chi connectivity index (χ0) is 29.8. The van der Waals surface area contributed by atoms with Crippen molar-refractivity contribution >= 4 is 44.1 Å². The Hall–Kier alpha value is -4.60. The van der Waals surface area contributed by atoms with Crippen LogP contribution in [-0.2, 0) is 22.4 Å². The van der Waals surface area contributed by atoms with Crippen LogP contribution in [0.2, 0.25) is 0 Å². The Balaban J connectivity index is 1.13. The van der Waals surface area contributed by atoms with E-state index in [4.69, 9.17) is 14.5 Å². The van der Waals surface area contributed by atoms with Gasteiger partial charge >= 0.3 is 0 Å². The molecule has 0 bridgehead atoms. The number of carbonyl (C=O) groups excluding carboxylic acids is 2. The molecule has 1 aliphatic heterocycles. The summed E-state index contributed by atoms with van der Waals surface area (Å²) in [4.78, 5) is 32.0. The van der Waals surface area contributed by atoms with Gasteiger partial charge in [0.1, 0.15) is 17.3 Å². The van der Waals surface area contributed by atoms with Crippen LogP contribution in [0.4, 0.5) is 15.2 Å². The molecule has 1 N–H and O–H groups in total. The van der Waals surface area contributed by atoms with E-state index >= 15 is 0 Å². The fourth-order valence-corrected chi connectivity index (χ4v) is 6.00. The molecule has 1 fully saturated rings. The second kappa shape index (κ2) is 12.7. The van der Waals surface area contributed by atoms with Gasteiger partial charge in [0, 0.05) is 31.5 Å². The highest BCUT2D eigenvalue weighted by molar-refractivity contribution is 7.22. The average Bonchev–Trinajstić information content (AvgIpc) is 3.44. The fourth-order valence-electron chi connectivity index (χ4n) is 5.08. The fraction of sp³-hybridized carbons (Fsp3) is 0.206. The van der Waals surface area contributed by atoms with Gasteiger partial charge in [-0.2, -0.15) is 0 Å². The Morgan fingerprint density at radius 1 is 0.907 bits per heavy atom. The second-order valence-corrected chi connectivity index (χ2v) is 11.4. The van der Waals surface area contributed by atoms with Crippen molar-refractivity contribution in [3.63, 3.8) is 0 Å². The number of hydrogen-bond donors (Lipinski definition) is 1. The summed E-state index contributed by atoms with van der Waals surface area (Å²) in [5.41, 5.74) is 6.01. The van der Waals surface area contributed by atoms with Crippen LogP contribution >= 0.6 is 11.3 Å². The Morgan fingerprint density at radius 3 is 2.28 bits per heavy atom. The lowest BCUT2D eigenvalue weighted by atomic mass is 9.99. The van der Waals surface area contributed by atoms with Crippen LogP contribution in [0.5, 0.6) is 5.75 Å². The standard InChI is InChI=1S/C34H30FN3O4S/c1-41-31-20-26(33(40)38-14-16-42-17-15-38)9-12-29(31)36-34-37-30-13-8-25(21-32(30)43-34)24-6-2-22(3-7-24)18-28(39)19-23-4-10-27(35)11-5-23/h2-13,20-21H,14-19H2,1H3,(H,36,37). The maximum Gasteiger partial charge on any atom is 0.254 e. The van der Waals surface area contributed by atoms with Gasteiger partial charge in [-0.25, -0.2) is 9.37 Å². The van der Waals surface area contributed by atoms with Gasteiger partial charge in [-0.15, -0.1) is 0 Å². The first-order chi connectivity index (χ1) is 20.9. The van der Waals surface area contributed by atoms with E-state index in [-0.39, 0.29) is 23.9 Å². The summed E-state index contributed by atoms with van der Waals surface area (Å²) in [7, 11) is 1.58. The van der Waals surface area contributed by atoms with Gasteiger partial charge in [0.05, 0.1) is 36.2 Å². The topological polar surface area (TPSA) is 80.8 Å². The first-order valence-corrected chi connectivity index (χ1v) is 14.8. The smallest absolute Gasteiger partial charge is 0.254 e. The van der Waals surface area contributed by atoms with Gasteiger partial charge in [0.25, 0.3) is 5.91 Å². The highest BCUT2D eigenvalue weighted by atomic mass is 32.1. The normalized spacial score (nSPS) is 13.2. The quantitative estimate of drug-likeness (QED) is 0.205. The molecule has 6 rings (SSSR count). The van der Waals surface area contributed by atoms with Crippen molar-refractivity contribution < 1.29 is 23.5 Å². The summed E-state index contributed by atoms with van der Waals surface area (Å²) in [6.45, 7) is 2.26. The first kappa shape index (κ1) is 28.5. The predicted molar refractivity (Wildman–Crippen MR) is 167 cm³/mol. The molecule has 9 heteroatoms. The van der Waals surface area contributed by atoms with Crippen LogP contribution in [-0.4, -0.2) is 55.0 Å². The summed E-state index contributed by atoms with van der Waals surface area (Å²) in [6.07, 6.45) is 0.607. The van der Waals surface area contributed by atoms with Gasteiger partial charge < -0.3 is 19.7 Å². The number of morpholine rings is 1. The molecule has 1 aromatic heterocycles. The molecule has 0 radical (unpaired) electrons. The van der Waals surface area contributed by atoms with Crippen LogP contribution in [0.25, 0.3) is 21.3 Å². The number of thiazole rings is 1. The number of Topliss-reactive ketones (excluding diaryl/α,β-unsaturated/α-hetero) is 1. The van der Waals surface area contributed by atoms with E-state index in [1.54, 1.807) is 36.3 Å². The number of carbonyl (C=O) groups is 2. The zero-order valence-electron chi connectivity index (χ0n) is 23.6. The Morgan fingerprint density at radius 2 is 1.58 bits per heavy atom. The lowest BCUT2D eigenvalue weighted by Gasteiger charge is -2.27. The van der Waals surface area contributed by atoms with Gasteiger partial charge in [0.2, 0.25) is 0 Å². The van der Waals surface area contributed by atoms with Crippen LogP contribution in [0.1, 0.15) is 21.5 Å². The molecular weight excluding hydrogens is 565 g/mol. The van der Waals surface area contributed by atoms with Crippen molar-refractivity contribution in [2.45, 2.75) is 12.8 Å². The molecule has 2 heterocycles. The number of nitrogens with one attached hydrogen (secondary N) is 1. The molecule has 1 aliphatic rings. The Labute approximate surface area is 252 Å². The molecule has 0 aliphatic carbocycles. The van der Waals surface area contributed by atoms with Gasteiger partial charge in [-0.1, -0.05) is 53.8 Å². The number of aromatic nitrogens is 1. The van der Waals surface area contributed by atoms with E-state index in [1.807, 2.05) is 42.5 Å². The monoisotopic (exact) mass is 595 g/mol. The van der Waals surface area contributed by atoms with Crippen LogP contribution in [0, 0.1) is 5.82 Å². The van der Waals surface area contributed by atoms with Crippen LogP contribution in [0.15, 0.2) is 84.9 Å². The molecule has 5 aromatic rings. The summed E-state index contributed by atoms with van der Waals surface area (Å²) in [5.74, 6) is 0.306. The minimum absolute atomic E-state index is 0.0368. The third kappa shape index (κ3) is 6.74. The SMILES string of the molecule is COc1cc(C(=O)N2CCOCC2)ccc1Nc1nc2ccc(-c3ccc(CC(=O)Cc4ccc(F)cc4)cc3)cc2s1. The summed E-state index contributed by atoms with van der Waals surface area (Å²) in [6, 6.07) is 25.6. The minimum atomic E-state index is -0.306. The van der Waals surface area contributed by atoms with Crippen molar-refractivity contribution in [2.75, 3.05) is 38.7 Å². The van der Waals surface area contributed by atoms with E-state index in [9.17, 15) is 14.0 Å². The maximum atomic E-state index is 13.1. The molecule has 1 amide bonds. The van der Waals surface area contributed by atoms with E-state index in [0.717, 1.165) is 38.2 Å². The summed E-state index contributed by atoms with van der Waals surface area (Å²) in [5, 5.41) is 4.07. The minimum Gasteiger partial charge on any atom is -0.495 e. The number of anilines is 2. The zero-order valence-corrected chi connectivity index (χ0v) is 24.5. The number of halogens is 1.